The van der Waals surface area contributed by atoms with Crippen LogP contribution in [0.2, 0.25) is 0 Å². The summed E-state index contributed by atoms with van der Waals surface area (Å²) < 4.78 is 0. The molecular formula is C16H21NO3S. The monoisotopic (exact) mass is 307 g/mol. The average Bonchev–Trinajstić information content (AvgIpc) is 2.80. The summed E-state index contributed by atoms with van der Waals surface area (Å²) in [7, 11) is 0. The minimum atomic E-state index is -0.818. The van der Waals surface area contributed by atoms with Crippen LogP contribution in [0.3, 0.4) is 0 Å². The van der Waals surface area contributed by atoms with Gasteiger partial charge in [0.1, 0.15) is 0 Å². The van der Waals surface area contributed by atoms with Gasteiger partial charge in [-0.1, -0.05) is 13.8 Å². The largest absolute Gasteiger partial charge is 0.481 e. The summed E-state index contributed by atoms with van der Waals surface area (Å²) in [6.45, 7) is 6.58. The van der Waals surface area contributed by atoms with E-state index in [9.17, 15) is 9.59 Å². The molecule has 0 aliphatic carbocycles. The predicted octanol–water partition coefficient (Wildman–Crippen LogP) is 3.12. The van der Waals surface area contributed by atoms with Crippen LogP contribution in [0.5, 0.6) is 0 Å². The first-order valence-corrected chi connectivity index (χ1v) is 8.08. The zero-order valence-electron chi connectivity index (χ0n) is 12.6. The third-order valence-electron chi connectivity index (χ3n) is 3.81. The second-order valence-electron chi connectivity index (χ2n) is 5.66. The standard InChI is InChI=1S/C16H21NO3S/c1-10(2)21-13-6-4-12(5-7-13)15(18)17-9-8-14(11(17)3)16(19)20/h4-7,10-11,14H,8-9H2,1-3H3,(H,19,20). The van der Waals surface area contributed by atoms with E-state index >= 15 is 0 Å². The smallest absolute Gasteiger partial charge is 0.308 e. The lowest BCUT2D eigenvalue weighted by atomic mass is 10.0. The molecule has 1 N–H and O–H groups in total. The SMILES string of the molecule is CC(C)Sc1ccc(C(=O)N2CCC(C(=O)O)C2C)cc1. The molecule has 0 radical (unpaired) electrons. The molecule has 2 unspecified atom stereocenters. The molecule has 2 atom stereocenters. The topological polar surface area (TPSA) is 57.6 Å². The van der Waals surface area contributed by atoms with E-state index in [1.165, 1.54) is 0 Å². The molecule has 1 saturated heterocycles. The van der Waals surface area contributed by atoms with Crippen molar-refractivity contribution < 1.29 is 14.7 Å². The lowest BCUT2D eigenvalue weighted by Crippen LogP contribution is -2.37. The molecule has 1 aliphatic heterocycles. The van der Waals surface area contributed by atoms with Gasteiger partial charge in [-0.15, -0.1) is 11.8 Å². The average molecular weight is 307 g/mol. The van der Waals surface area contributed by atoms with Crippen molar-refractivity contribution in [2.45, 2.75) is 43.4 Å². The molecule has 1 fully saturated rings. The molecule has 1 amide bonds. The van der Waals surface area contributed by atoms with Gasteiger partial charge in [0.15, 0.2) is 0 Å². The van der Waals surface area contributed by atoms with Crippen molar-refractivity contribution in [3.8, 4) is 0 Å². The minimum Gasteiger partial charge on any atom is -0.481 e. The summed E-state index contributed by atoms with van der Waals surface area (Å²) in [5.74, 6) is -1.35. The van der Waals surface area contributed by atoms with E-state index in [4.69, 9.17) is 5.11 Å². The second-order valence-corrected chi connectivity index (χ2v) is 7.31. The van der Waals surface area contributed by atoms with E-state index in [0.29, 0.717) is 23.8 Å². The van der Waals surface area contributed by atoms with Crippen LogP contribution in [0.25, 0.3) is 0 Å². The van der Waals surface area contributed by atoms with Gasteiger partial charge >= 0.3 is 5.97 Å². The Bertz CT molecular complexity index is 527. The Hall–Kier alpha value is -1.49. The Balaban J connectivity index is 2.08. The van der Waals surface area contributed by atoms with Crippen LogP contribution in [0.4, 0.5) is 0 Å². The van der Waals surface area contributed by atoms with Crippen molar-refractivity contribution in [3.63, 3.8) is 0 Å². The molecule has 0 aromatic heterocycles. The zero-order valence-corrected chi connectivity index (χ0v) is 13.4. The maximum Gasteiger partial charge on any atom is 0.308 e. The maximum atomic E-state index is 12.5. The van der Waals surface area contributed by atoms with E-state index in [-0.39, 0.29) is 11.9 Å². The summed E-state index contributed by atoms with van der Waals surface area (Å²) in [5, 5.41) is 9.63. The van der Waals surface area contributed by atoms with Crippen molar-refractivity contribution in [2.75, 3.05) is 6.54 Å². The number of likely N-dealkylation sites (tertiary alicyclic amines) is 1. The van der Waals surface area contributed by atoms with Crippen LogP contribution in [-0.2, 0) is 4.79 Å². The highest BCUT2D eigenvalue weighted by Crippen LogP contribution is 2.27. The Morgan fingerprint density at radius 1 is 1.29 bits per heavy atom. The normalized spacial score (nSPS) is 21.8. The van der Waals surface area contributed by atoms with Gasteiger partial charge in [0.25, 0.3) is 5.91 Å². The van der Waals surface area contributed by atoms with Gasteiger partial charge in [0.2, 0.25) is 0 Å². The first-order chi connectivity index (χ1) is 9.90. The van der Waals surface area contributed by atoms with E-state index < -0.39 is 11.9 Å². The van der Waals surface area contributed by atoms with Gasteiger partial charge in [-0.3, -0.25) is 9.59 Å². The van der Waals surface area contributed by atoms with Crippen LogP contribution < -0.4 is 0 Å². The number of aliphatic carboxylic acids is 1. The summed E-state index contributed by atoms with van der Waals surface area (Å²) >= 11 is 1.75. The van der Waals surface area contributed by atoms with Gasteiger partial charge < -0.3 is 10.0 Å². The number of hydrogen-bond donors (Lipinski definition) is 1. The number of carbonyl (C=O) groups excluding carboxylic acids is 1. The number of benzene rings is 1. The Morgan fingerprint density at radius 2 is 1.90 bits per heavy atom. The molecule has 5 heteroatoms. The summed E-state index contributed by atoms with van der Waals surface area (Å²) in [5.41, 5.74) is 0.626. The molecule has 4 nitrogen and oxygen atoms in total. The number of nitrogens with zero attached hydrogens (tertiary/aromatic N) is 1. The fourth-order valence-electron chi connectivity index (χ4n) is 2.67. The van der Waals surface area contributed by atoms with Crippen LogP contribution in [0, 0.1) is 5.92 Å². The van der Waals surface area contributed by atoms with Crippen molar-refractivity contribution >= 4 is 23.6 Å². The van der Waals surface area contributed by atoms with Crippen LogP contribution >= 0.6 is 11.8 Å². The van der Waals surface area contributed by atoms with E-state index in [1.54, 1.807) is 16.7 Å². The molecule has 2 rings (SSSR count). The van der Waals surface area contributed by atoms with Gasteiger partial charge in [0.05, 0.1) is 5.92 Å². The first-order valence-electron chi connectivity index (χ1n) is 7.20. The number of carbonyl (C=O) groups is 2. The summed E-state index contributed by atoms with van der Waals surface area (Å²) in [6.07, 6.45) is 0.531. The number of carboxylic acid groups (broad SMARTS) is 1. The lowest BCUT2D eigenvalue weighted by molar-refractivity contribution is -0.142. The Kier molecular flexibility index (Phi) is 4.93. The molecule has 1 aromatic carbocycles. The van der Waals surface area contributed by atoms with Crippen LogP contribution in [-0.4, -0.2) is 39.7 Å². The molecular weight excluding hydrogens is 286 g/mol. The molecule has 0 spiro atoms. The third kappa shape index (κ3) is 3.59. The fourth-order valence-corrected chi connectivity index (χ4v) is 3.51. The van der Waals surface area contributed by atoms with Crippen molar-refractivity contribution in [1.82, 2.24) is 4.90 Å². The first kappa shape index (κ1) is 15.9. The van der Waals surface area contributed by atoms with Crippen LogP contribution in [0.15, 0.2) is 29.2 Å². The zero-order chi connectivity index (χ0) is 15.6. The van der Waals surface area contributed by atoms with Crippen molar-refractivity contribution in [2.24, 2.45) is 5.92 Å². The predicted molar refractivity (Wildman–Crippen MR) is 83.7 cm³/mol. The maximum absolute atomic E-state index is 12.5. The molecule has 21 heavy (non-hydrogen) atoms. The Labute approximate surface area is 129 Å². The van der Waals surface area contributed by atoms with Crippen LogP contribution in [0.1, 0.15) is 37.6 Å². The second kappa shape index (κ2) is 6.52. The number of thioether (sulfide) groups is 1. The number of carboxylic acids is 1. The molecule has 114 valence electrons. The number of amides is 1. The Morgan fingerprint density at radius 3 is 2.38 bits per heavy atom. The van der Waals surface area contributed by atoms with E-state index in [0.717, 1.165) is 4.90 Å². The number of hydrogen-bond acceptors (Lipinski definition) is 3. The van der Waals surface area contributed by atoms with Gasteiger partial charge in [-0.05, 0) is 37.6 Å². The molecule has 0 bridgehead atoms. The molecule has 1 heterocycles. The van der Waals surface area contributed by atoms with Crippen molar-refractivity contribution in [1.29, 1.82) is 0 Å². The van der Waals surface area contributed by atoms with E-state index in [2.05, 4.69) is 13.8 Å². The molecule has 1 aromatic rings. The highest BCUT2D eigenvalue weighted by Gasteiger charge is 2.38. The van der Waals surface area contributed by atoms with Gasteiger partial charge in [-0.25, -0.2) is 0 Å². The summed E-state index contributed by atoms with van der Waals surface area (Å²) in [4.78, 5) is 26.4. The summed E-state index contributed by atoms with van der Waals surface area (Å²) in [6, 6.07) is 7.31. The molecule has 1 aliphatic rings. The lowest BCUT2D eigenvalue weighted by Gasteiger charge is -2.23. The highest BCUT2D eigenvalue weighted by molar-refractivity contribution is 7.99. The fraction of sp³-hybridized carbons (Fsp3) is 0.500. The van der Waals surface area contributed by atoms with E-state index in [1.807, 2.05) is 31.2 Å². The molecule has 0 saturated carbocycles. The minimum absolute atomic E-state index is 0.0765. The highest BCUT2D eigenvalue weighted by atomic mass is 32.2. The van der Waals surface area contributed by atoms with Crippen molar-refractivity contribution in [3.05, 3.63) is 29.8 Å². The number of rotatable bonds is 4. The third-order valence-corrected chi connectivity index (χ3v) is 4.82. The van der Waals surface area contributed by atoms with Gasteiger partial charge in [0, 0.05) is 28.3 Å². The quantitative estimate of drug-likeness (QED) is 0.868. The van der Waals surface area contributed by atoms with Gasteiger partial charge in [-0.2, -0.15) is 0 Å².